The summed E-state index contributed by atoms with van der Waals surface area (Å²) < 4.78 is 31.6. The molecule has 1 saturated heterocycles. The predicted octanol–water partition coefficient (Wildman–Crippen LogP) is 0.647. The van der Waals surface area contributed by atoms with Gasteiger partial charge in [0.1, 0.15) is 6.04 Å². The van der Waals surface area contributed by atoms with E-state index in [0.717, 1.165) is 4.31 Å². The number of benzene rings is 1. The molecule has 1 aliphatic rings. The lowest BCUT2D eigenvalue weighted by atomic mass is 10.1. The second-order valence-electron chi connectivity index (χ2n) is 5.42. The summed E-state index contributed by atoms with van der Waals surface area (Å²) in [5, 5.41) is 0. The SMILES string of the molecule is C[C@H](OC(=O)[C@H]1CCCCN1S(=O)(=O)c1ccccc1)C(N)=O. The Morgan fingerprint density at radius 1 is 1.26 bits per heavy atom. The Bertz CT molecular complexity index is 674. The monoisotopic (exact) mass is 340 g/mol. The fourth-order valence-electron chi connectivity index (χ4n) is 2.47. The number of nitrogens with two attached hydrogens (primary N) is 1. The third-order valence-corrected chi connectivity index (χ3v) is 5.69. The molecule has 2 N–H and O–H groups in total. The fourth-order valence-corrected chi connectivity index (χ4v) is 4.13. The molecule has 0 saturated carbocycles. The third kappa shape index (κ3) is 3.89. The highest BCUT2D eigenvalue weighted by atomic mass is 32.2. The van der Waals surface area contributed by atoms with Crippen molar-refractivity contribution in [1.82, 2.24) is 4.31 Å². The van der Waals surface area contributed by atoms with Crippen molar-refractivity contribution in [2.45, 2.75) is 43.2 Å². The first-order valence-corrected chi connectivity index (χ1v) is 8.84. The Kier molecular flexibility index (Phi) is 5.38. The van der Waals surface area contributed by atoms with Gasteiger partial charge in [-0.15, -0.1) is 0 Å². The zero-order valence-corrected chi connectivity index (χ0v) is 13.7. The van der Waals surface area contributed by atoms with Crippen molar-refractivity contribution in [3.05, 3.63) is 30.3 Å². The summed E-state index contributed by atoms with van der Waals surface area (Å²) in [7, 11) is -3.80. The first kappa shape index (κ1) is 17.4. The Morgan fingerprint density at radius 2 is 1.91 bits per heavy atom. The zero-order valence-electron chi connectivity index (χ0n) is 12.8. The number of hydrogen-bond acceptors (Lipinski definition) is 5. The van der Waals surface area contributed by atoms with Crippen LogP contribution in [-0.2, 0) is 24.3 Å². The number of amides is 1. The number of sulfonamides is 1. The number of primary amides is 1. The smallest absolute Gasteiger partial charge is 0.325 e. The molecule has 8 heteroatoms. The number of rotatable bonds is 5. The lowest BCUT2D eigenvalue weighted by Crippen LogP contribution is -2.49. The van der Waals surface area contributed by atoms with E-state index in [0.29, 0.717) is 19.3 Å². The van der Waals surface area contributed by atoms with E-state index < -0.39 is 34.0 Å². The van der Waals surface area contributed by atoms with Gasteiger partial charge in [-0.2, -0.15) is 4.31 Å². The average molecular weight is 340 g/mol. The molecule has 1 aromatic rings. The summed E-state index contributed by atoms with van der Waals surface area (Å²) in [4.78, 5) is 23.4. The van der Waals surface area contributed by atoms with Crippen LogP contribution in [0.1, 0.15) is 26.2 Å². The molecular weight excluding hydrogens is 320 g/mol. The molecule has 7 nitrogen and oxygen atoms in total. The van der Waals surface area contributed by atoms with Crippen molar-refractivity contribution in [1.29, 1.82) is 0 Å². The van der Waals surface area contributed by atoms with Gasteiger partial charge in [0.05, 0.1) is 4.90 Å². The van der Waals surface area contributed by atoms with E-state index in [1.807, 2.05) is 0 Å². The quantitative estimate of drug-likeness (QED) is 0.792. The van der Waals surface area contributed by atoms with Crippen molar-refractivity contribution in [2.75, 3.05) is 6.54 Å². The van der Waals surface area contributed by atoms with Gasteiger partial charge in [-0.05, 0) is 38.3 Å². The minimum Gasteiger partial charge on any atom is -0.451 e. The molecule has 2 atom stereocenters. The van der Waals surface area contributed by atoms with Gasteiger partial charge in [0.2, 0.25) is 10.0 Å². The van der Waals surface area contributed by atoms with Gasteiger partial charge in [-0.3, -0.25) is 9.59 Å². The molecule has 0 spiro atoms. The summed E-state index contributed by atoms with van der Waals surface area (Å²) in [5.41, 5.74) is 5.08. The summed E-state index contributed by atoms with van der Waals surface area (Å²) in [6.07, 6.45) is 0.647. The highest BCUT2D eigenvalue weighted by Gasteiger charge is 2.39. The molecular formula is C15H20N2O5S. The maximum Gasteiger partial charge on any atom is 0.325 e. The van der Waals surface area contributed by atoms with Gasteiger partial charge in [-0.25, -0.2) is 8.42 Å². The third-order valence-electron chi connectivity index (χ3n) is 3.77. The van der Waals surface area contributed by atoms with Crippen molar-refractivity contribution in [2.24, 2.45) is 5.73 Å². The normalized spacial score (nSPS) is 20.7. The Morgan fingerprint density at radius 3 is 2.52 bits per heavy atom. The van der Waals surface area contributed by atoms with Crippen LogP contribution < -0.4 is 5.73 Å². The van der Waals surface area contributed by atoms with Crippen LogP contribution in [0.15, 0.2) is 35.2 Å². The Hall–Kier alpha value is -1.93. The van der Waals surface area contributed by atoms with Gasteiger partial charge in [0.25, 0.3) is 5.91 Å². The van der Waals surface area contributed by atoms with E-state index in [-0.39, 0.29) is 11.4 Å². The predicted molar refractivity (Wildman–Crippen MR) is 82.7 cm³/mol. The summed E-state index contributed by atoms with van der Waals surface area (Å²) in [5.74, 6) is -1.51. The maximum absolute atomic E-state index is 12.7. The minimum atomic E-state index is -3.80. The number of nitrogens with zero attached hydrogens (tertiary/aromatic N) is 1. The van der Waals surface area contributed by atoms with Crippen molar-refractivity contribution < 1.29 is 22.7 Å². The van der Waals surface area contributed by atoms with E-state index in [1.165, 1.54) is 19.1 Å². The summed E-state index contributed by atoms with van der Waals surface area (Å²) >= 11 is 0. The molecule has 0 aliphatic carbocycles. The Balaban J connectivity index is 2.25. The maximum atomic E-state index is 12.7. The standard InChI is InChI=1S/C15H20N2O5S/c1-11(14(16)18)22-15(19)13-9-5-6-10-17(13)23(20,21)12-7-3-2-4-8-12/h2-4,7-8,11,13H,5-6,9-10H2,1H3,(H2,16,18)/t11-,13+/m0/s1. The molecule has 126 valence electrons. The van der Waals surface area contributed by atoms with Gasteiger partial charge >= 0.3 is 5.97 Å². The van der Waals surface area contributed by atoms with E-state index in [4.69, 9.17) is 10.5 Å². The molecule has 0 unspecified atom stereocenters. The first-order valence-electron chi connectivity index (χ1n) is 7.40. The van der Waals surface area contributed by atoms with Crippen LogP contribution in [0.4, 0.5) is 0 Å². The zero-order chi connectivity index (χ0) is 17.0. The highest BCUT2D eigenvalue weighted by Crippen LogP contribution is 2.26. The van der Waals surface area contributed by atoms with Crippen molar-refractivity contribution in [3.8, 4) is 0 Å². The van der Waals surface area contributed by atoms with Gasteiger partial charge in [0.15, 0.2) is 6.10 Å². The number of ether oxygens (including phenoxy) is 1. The largest absolute Gasteiger partial charge is 0.451 e. The van der Waals surface area contributed by atoms with E-state index >= 15 is 0 Å². The summed E-state index contributed by atoms with van der Waals surface area (Å²) in [6.45, 7) is 1.60. The average Bonchev–Trinajstić information content (AvgIpc) is 2.55. The summed E-state index contributed by atoms with van der Waals surface area (Å²) in [6, 6.07) is 7.00. The van der Waals surface area contributed by atoms with Crippen LogP contribution in [0.2, 0.25) is 0 Å². The van der Waals surface area contributed by atoms with Crippen LogP contribution in [0.3, 0.4) is 0 Å². The van der Waals surface area contributed by atoms with E-state index in [1.54, 1.807) is 18.2 Å². The van der Waals surface area contributed by atoms with Crippen molar-refractivity contribution >= 4 is 21.9 Å². The topological polar surface area (TPSA) is 107 Å². The number of piperidine rings is 1. The molecule has 1 fully saturated rings. The van der Waals surface area contributed by atoms with Crippen LogP contribution in [0.5, 0.6) is 0 Å². The molecule has 1 heterocycles. The molecule has 1 aromatic carbocycles. The van der Waals surface area contributed by atoms with Crippen LogP contribution in [-0.4, -0.2) is 43.3 Å². The second kappa shape index (κ2) is 7.10. The molecule has 1 amide bonds. The van der Waals surface area contributed by atoms with E-state index in [2.05, 4.69) is 0 Å². The van der Waals surface area contributed by atoms with Crippen LogP contribution in [0.25, 0.3) is 0 Å². The second-order valence-corrected chi connectivity index (χ2v) is 7.31. The Labute approximate surface area is 135 Å². The van der Waals surface area contributed by atoms with Gasteiger partial charge in [-0.1, -0.05) is 18.2 Å². The molecule has 23 heavy (non-hydrogen) atoms. The number of carbonyl (C=O) groups excluding carboxylic acids is 2. The molecule has 0 aromatic heterocycles. The van der Waals surface area contributed by atoms with Gasteiger partial charge in [0, 0.05) is 6.54 Å². The number of hydrogen-bond donors (Lipinski definition) is 1. The van der Waals surface area contributed by atoms with Gasteiger partial charge < -0.3 is 10.5 Å². The fraction of sp³-hybridized carbons (Fsp3) is 0.467. The molecule has 2 rings (SSSR count). The minimum absolute atomic E-state index is 0.127. The van der Waals surface area contributed by atoms with E-state index in [9.17, 15) is 18.0 Å². The van der Waals surface area contributed by atoms with Crippen molar-refractivity contribution in [3.63, 3.8) is 0 Å². The first-order chi connectivity index (χ1) is 10.8. The lowest BCUT2D eigenvalue weighted by molar-refractivity contribution is -0.158. The van der Waals surface area contributed by atoms with Crippen LogP contribution in [0, 0.1) is 0 Å². The number of esters is 1. The molecule has 0 radical (unpaired) electrons. The molecule has 0 bridgehead atoms. The van der Waals surface area contributed by atoms with Crippen LogP contribution >= 0.6 is 0 Å². The highest BCUT2D eigenvalue weighted by molar-refractivity contribution is 7.89. The number of carbonyl (C=O) groups is 2. The lowest BCUT2D eigenvalue weighted by Gasteiger charge is -2.33. The molecule has 1 aliphatic heterocycles.